The highest BCUT2D eigenvalue weighted by atomic mass is 35.5. The zero-order valence-corrected chi connectivity index (χ0v) is 13.9. The number of allylic oxidation sites excluding steroid dienone is 2. The van der Waals surface area contributed by atoms with Crippen LogP contribution >= 0.6 is 11.6 Å². The second-order valence-electron chi connectivity index (χ2n) is 5.69. The molecule has 0 fully saturated rings. The van der Waals surface area contributed by atoms with Gasteiger partial charge in [-0.2, -0.15) is 0 Å². The summed E-state index contributed by atoms with van der Waals surface area (Å²) in [5.41, 5.74) is 3.70. The Kier molecular flexibility index (Phi) is 4.11. The van der Waals surface area contributed by atoms with Crippen LogP contribution in [0.15, 0.2) is 59.5 Å². The monoisotopic (exact) mass is 332 g/mol. The van der Waals surface area contributed by atoms with E-state index >= 15 is 0 Å². The molecule has 1 unspecified atom stereocenters. The van der Waals surface area contributed by atoms with E-state index in [1.54, 1.807) is 12.1 Å². The second-order valence-corrected chi connectivity index (χ2v) is 8.14. The molecule has 0 bridgehead atoms. The van der Waals surface area contributed by atoms with E-state index in [0.717, 1.165) is 23.4 Å². The maximum Gasteiger partial charge on any atom is 0.175 e. The summed E-state index contributed by atoms with van der Waals surface area (Å²) in [5.74, 6) is 0.347. The highest BCUT2D eigenvalue weighted by Crippen LogP contribution is 2.37. The molecule has 0 N–H and O–H groups in total. The molecule has 0 amide bonds. The molecule has 0 radical (unpaired) electrons. The first-order valence-corrected chi connectivity index (χ1v) is 9.47. The minimum Gasteiger partial charge on any atom is -0.224 e. The standard InChI is InChI=1S/C18H17ClO2S/c1-22(20,21)18-10-6-14(7-11-18)16-3-2-15(12-16)13-4-8-17(19)9-5-13/h4-12,16H,2-3H2,1H3. The molecule has 2 aromatic rings. The quantitative estimate of drug-likeness (QED) is 0.816. The zero-order valence-electron chi connectivity index (χ0n) is 12.3. The van der Waals surface area contributed by atoms with Gasteiger partial charge in [-0.05, 0) is 53.8 Å². The molecule has 0 spiro atoms. The van der Waals surface area contributed by atoms with Crippen molar-refractivity contribution in [3.63, 3.8) is 0 Å². The molecule has 4 heteroatoms. The molecule has 1 aliphatic rings. The molecular formula is C18H17ClO2S. The largest absolute Gasteiger partial charge is 0.224 e. The smallest absolute Gasteiger partial charge is 0.175 e. The molecule has 3 rings (SSSR count). The fraction of sp³-hybridized carbons (Fsp3) is 0.222. The van der Waals surface area contributed by atoms with Crippen molar-refractivity contribution in [3.05, 3.63) is 70.8 Å². The van der Waals surface area contributed by atoms with Gasteiger partial charge in [0.1, 0.15) is 0 Å². The third-order valence-electron chi connectivity index (χ3n) is 4.08. The third kappa shape index (κ3) is 3.26. The molecule has 1 aliphatic carbocycles. The Morgan fingerprint density at radius 1 is 1.00 bits per heavy atom. The van der Waals surface area contributed by atoms with Crippen LogP contribution in [0.1, 0.15) is 29.9 Å². The summed E-state index contributed by atoms with van der Waals surface area (Å²) in [6, 6.07) is 15.1. The summed E-state index contributed by atoms with van der Waals surface area (Å²) in [7, 11) is -3.13. The van der Waals surface area contributed by atoms with Crippen LogP contribution in [0.2, 0.25) is 5.02 Å². The summed E-state index contributed by atoms with van der Waals surface area (Å²) < 4.78 is 23.0. The van der Waals surface area contributed by atoms with Crippen LogP contribution in [0.3, 0.4) is 0 Å². The number of hydrogen-bond donors (Lipinski definition) is 0. The lowest BCUT2D eigenvalue weighted by Crippen LogP contribution is -1.98. The van der Waals surface area contributed by atoms with Gasteiger partial charge in [0.15, 0.2) is 9.84 Å². The highest BCUT2D eigenvalue weighted by molar-refractivity contribution is 7.90. The van der Waals surface area contributed by atoms with E-state index in [9.17, 15) is 8.42 Å². The van der Waals surface area contributed by atoms with Gasteiger partial charge >= 0.3 is 0 Å². The maximum atomic E-state index is 11.5. The van der Waals surface area contributed by atoms with Gasteiger partial charge in [0.05, 0.1) is 4.90 Å². The molecular weight excluding hydrogens is 316 g/mol. The lowest BCUT2D eigenvalue weighted by atomic mass is 9.99. The Bertz CT molecular complexity index is 803. The highest BCUT2D eigenvalue weighted by Gasteiger charge is 2.19. The second kappa shape index (κ2) is 5.90. The number of benzene rings is 2. The lowest BCUT2D eigenvalue weighted by molar-refractivity contribution is 0.602. The van der Waals surface area contributed by atoms with E-state index in [0.29, 0.717) is 10.8 Å². The van der Waals surface area contributed by atoms with E-state index in [4.69, 9.17) is 11.6 Å². The van der Waals surface area contributed by atoms with Gasteiger partial charge < -0.3 is 0 Å². The first-order valence-electron chi connectivity index (χ1n) is 7.20. The average molecular weight is 333 g/mol. The van der Waals surface area contributed by atoms with Crippen LogP contribution in [0.25, 0.3) is 5.57 Å². The van der Waals surface area contributed by atoms with Crippen molar-refractivity contribution >= 4 is 27.0 Å². The van der Waals surface area contributed by atoms with Crippen LogP contribution in [-0.2, 0) is 9.84 Å². The van der Waals surface area contributed by atoms with Gasteiger partial charge in [0.2, 0.25) is 0 Å². The predicted molar refractivity (Wildman–Crippen MR) is 91.0 cm³/mol. The summed E-state index contributed by atoms with van der Waals surface area (Å²) in [4.78, 5) is 0.371. The number of halogens is 1. The van der Waals surface area contributed by atoms with Crippen molar-refractivity contribution < 1.29 is 8.42 Å². The molecule has 0 saturated heterocycles. The Morgan fingerprint density at radius 3 is 2.23 bits per heavy atom. The van der Waals surface area contributed by atoms with Crippen molar-refractivity contribution in [1.82, 2.24) is 0 Å². The van der Waals surface area contributed by atoms with Crippen molar-refractivity contribution in [3.8, 4) is 0 Å². The fourth-order valence-corrected chi connectivity index (χ4v) is 3.61. The summed E-state index contributed by atoms with van der Waals surface area (Å²) in [6.45, 7) is 0. The van der Waals surface area contributed by atoms with Crippen molar-refractivity contribution in [2.75, 3.05) is 6.26 Å². The van der Waals surface area contributed by atoms with Crippen LogP contribution in [0.4, 0.5) is 0 Å². The van der Waals surface area contributed by atoms with Gasteiger partial charge in [-0.1, -0.05) is 41.9 Å². The Morgan fingerprint density at radius 2 is 1.64 bits per heavy atom. The minimum absolute atomic E-state index is 0.347. The van der Waals surface area contributed by atoms with E-state index < -0.39 is 9.84 Å². The van der Waals surface area contributed by atoms with Crippen molar-refractivity contribution in [1.29, 1.82) is 0 Å². The first-order chi connectivity index (χ1) is 10.4. The molecule has 0 aliphatic heterocycles. The molecule has 22 heavy (non-hydrogen) atoms. The van der Waals surface area contributed by atoms with Gasteiger partial charge in [0.25, 0.3) is 0 Å². The topological polar surface area (TPSA) is 34.1 Å². The van der Waals surface area contributed by atoms with Crippen LogP contribution in [0, 0.1) is 0 Å². The summed E-state index contributed by atoms with van der Waals surface area (Å²) in [6.07, 6.45) is 5.59. The number of hydrogen-bond acceptors (Lipinski definition) is 2. The predicted octanol–water partition coefficient (Wildman–Crippen LogP) is 4.70. The summed E-state index contributed by atoms with van der Waals surface area (Å²) in [5, 5.41) is 0.746. The lowest BCUT2D eigenvalue weighted by Gasteiger charge is -2.08. The van der Waals surface area contributed by atoms with E-state index in [1.807, 2.05) is 36.4 Å². The maximum absolute atomic E-state index is 11.5. The zero-order chi connectivity index (χ0) is 15.7. The van der Waals surface area contributed by atoms with Crippen LogP contribution in [-0.4, -0.2) is 14.7 Å². The van der Waals surface area contributed by atoms with Gasteiger partial charge in [-0.15, -0.1) is 0 Å². The van der Waals surface area contributed by atoms with Gasteiger partial charge in [-0.25, -0.2) is 8.42 Å². The SMILES string of the molecule is CS(=O)(=O)c1ccc(C2C=C(c3ccc(Cl)cc3)CC2)cc1. The van der Waals surface area contributed by atoms with Gasteiger partial charge in [-0.3, -0.25) is 0 Å². The Labute approximate surface area is 136 Å². The Hall–Kier alpha value is -1.58. The molecule has 2 nitrogen and oxygen atoms in total. The molecule has 0 aromatic heterocycles. The number of rotatable bonds is 3. The molecule has 2 aromatic carbocycles. The molecule has 0 heterocycles. The third-order valence-corrected chi connectivity index (χ3v) is 5.46. The fourth-order valence-electron chi connectivity index (χ4n) is 2.85. The molecule has 0 saturated carbocycles. The average Bonchev–Trinajstić information content (AvgIpc) is 2.97. The molecule has 1 atom stereocenters. The van der Waals surface area contributed by atoms with E-state index in [2.05, 4.69) is 6.08 Å². The van der Waals surface area contributed by atoms with Crippen LogP contribution < -0.4 is 0 Å². The van der Waals surface area contributed by atoms with Crippen molar-refractivity contribution in [2.45, 2.75) is 23.7 Å². The van der Waals surface area contributed by atoms with E-state index in [1.165, 1.54) is 17.4 Å². The summed E-state index contributed by atoms with van der Waals surface area (Å²) >= 11 is 5.93. The van der Waals surface area contributed by atoms with Crippen LogP contribution in [0.5, 0.6) is 0 Å². The normalized spacial score (nSPS) is 18.3. The van der Waals surface area contributed by atoms with Gasteiger partial charge in [0, 0.05) is 17.2 Å². The van der Waals surface area contributed by atoms with Crippen molar-refractivity contribution in [2.24, 2.45) is 0 Å². The van der Waals surface area contributed by atoms with E-state index in [-0.39, 0.29) is 0 Å². The first kappa shape index (κ1) is 15.3. The minimum atomic E-state index is -3.13. The molecule has 114 valence electrons. The Balaban J connectivity index is 1.83. The number of sulfone groups is 1.